The number of unbranched alkanes of at least 4 members (excludes halogenated alkanes) is 1. The van der Waals surface area contributed by atoms with E-state index in [-0.39, 0.29) is 5.91 Å². The minimum atomic E-state index is -1.26. The Bertz CT molecular complexity index is 625. The number of likely N-dealkylation sites (N-methyl/N-ethyl adjacent to an activating group) is 1. The number of carbonyl (C=O) groups excluding carboxylic acids is 3. The van der Waals surface area contributed by atoms with Crippen molar-refractivity contribution in [1.82, 2.24) is 20.9 Å². The summed E-state index contributed by atoms with van der Waals surface area (Å²) in [6, 6.07) is -0.840. The van der Waals surface area contributed by atoms with Crippen LogP contribution in [0, 0.1) is 0 Å². The van der Waals surface area contributed by atoms with E-state index in [2.05, 4.69) is 16.0 Å². The van der Waals surface area contributed by atoms with Crippen molar-refractivity contribution in [3.63, 3.8) is 0 Å². The van der Waals surface area contributed by atoms with Gasteiger partial charge in [0.2, 0.25) is 11.8 Å². The van der Waals surface area contributed by atoms with Crippen molar-refractivity contribution in [3.8, 4) is 0 Å². The Morgan fingerprint density at radius 2 is 1.62 bits per heavy atom. The molecule has 0 aromatic rings. The lowest BCUT2D eigenvalue weighted by Crippen LogP contribution is -2.49. The van der Waals surface area contributed by atoms with Crippen LogP contribution < -0.4 is 16.0 Å². The summed E-state index contributed by atoms with van der Waals surface area (Å²) in [4.78, 5) is 49.4. The van der Waals surface area contributed by atoms with Gasteiger partial charge in [0.05, 0.1) is 0 Å². The highest BCUT2D eigenvalue weighted by Crippen LogP contribution is 2.19. The first-order chi connectivity index (χ1) is 14.7. The standard InChI is InChI=1S/C22H42N4O6/c1-8-23-12-13-24-19(30)16(25-17(27)15-18(28)29)11-9-10-14-26(21(2,3)4)20(31)32-22(5,6)7/h16,23H,8-15H2,1-7H3,(H,24,30)(H,25,27)(H,28,29). The van der Waals surface area contributed by atoms with Gasteiger partial charge in [0, 0.05) is 25.2 Å². The summed E-state index contributed by atoms with van der Waals surface area (Å²) in [6.07, 6.45) is 0.362. The van der Waals surface area contributed by atoms with E-state index < -0.39 is 41.6 Å². The van der Waals surface area contributed by atoms with E-state index in [0.717, 1.165) is 6.54 Å². The smallest absolute Gasteiger partial charge is 0.410 e. The molecule has 1 unspecified atom stereocenters. The average molecular weight is 459 g/mol. The maximum absolute atomic E-state index is 12.6. The zero-order chi connectivity index (χ0) is 24.9. The van der Waals surface area contributed by atoms with Gasteiger partial charge in [-0.2, -0.15) is 0 Å². The van der Waals surface area contributed by atoms with Crippen LogP contribution in [0.1, 0.15) is 74.1 Å². The molecule has 32 heavy (non-hydrogen) atoms. The van der Waals surface area contributed by atoms with Gasteiger partial charge < -0.3 is 30.7 Å². The van der Waals surface area contributed by atoms with Crippen molar-refractivity contribution in [2.45, 2.75) is 91.3 Å². The van der Waals surface area contributed by atoms with Crippen LogP contribution in [0.5, 0.6) is 0 Å². The molecule has 0 aliphatic rings. The van der Waals surface area contributed by atoms with E-state index in [1.165, 1.54) is 0 Å². The third-order valence-corrected chi connectivity index (χ3v) is 4.36. The zero-order valence-electron chi connectivity index (χ0n) is 20.7. The molecule has 1 atom stereocenters. The Morgan fingerprint density at radius 3 is 2.12 bits per heavy atom. The molecule has 4 N–H and O–H groups in total. The lowest BCUT2D eigenvalue weighted by molar-refractivity contribution is -0.141. The monoisotopic (exact) mass is 458 g/mol. The van der Waals surface area contributed by atoms with Crippen LogP contribution >= 0.6 is 0 Å². The first-order valence-corrected chi connectivity index (χ1v) is 11.2. The number of carboxylic acids is 1. The minimum Gasteiger partial charge on any atom is -0.481 e. The van der Waals surface area contributed by atoms with Crippen molar-refractivity contribution in [2.24, 2.45) is 0 Å². The lowest BCUT2D eigenvalue weighted by atomic mass is 10.0. The molecule has 10 heteroatoms. The van der Waals surface area contributed by atoms with Crippen LogP contribution in [0.4, 0.5) is 4.79 Å². The van der Waals surface area contributed by atoms with Crippen molar-refractivity contribution >= 4 is 23.9 Å². The molecule has 0 aliphatic carbocycles. The molecule has 0 saturated heterocycles. The third-order valence-electron chi connectivity index (χ3n) is 4.36. The molecule has 0 fully saturated rings. The molecule has 0 radical (unpaired) electrons. The number of hydrogen-bond acceptors (Lipinski definition) is 6. The summed E-state index contributed by atoms with van der Waals surface area (Å²) in [6.45, 7) is 15.3. The summed E-state index contributed by atoms with van der Waals surface area (Å²) in [5.74, 6) is -2.33. The molecule has 3 amide bonds. The van der Waals surface area contributed by atoms with Gasteiger partial charge in [0.15, 0.2) is 0 Å². The number of nitrogens with zero attached hydrogens (tertiary/aromatic N) is 1. The number of carbonyl (C=O) groups is 4. The Labute approximate surface area is 191 Å². The van der Waals surface area contributed by atoms with Crippen molar-refractivity contribution < 1.29 is 29.0 Å². The van der Waals surface area contributed by atoms with E-state index in [1.807, 2.05) is 48.5 Å². The topological polar surface area (TPSA) is 137 Å². The largest absolute Gasteiger partial charge is 0.481 e. The summed E-state index contributed by atoms with van der Waals surface area (Å²) in [5, 5.41) is 17.1. The van der Waals surface area contributed by atoms with Gasteiger partial charge in [-0.1, -0.05) is 6.92 Å². The molecule has 0 aromatic heterocycles. The molecular formula is C22H42N4O6. The molecular weight excluding hydrogens is 416 g/mol. The van der Waals surface area contributed by atoms with Crippen molar-refractivity contribution in [2.75, 3.05) is 26.2 Å². The number of amides is 3. The van der Waals surface area contributed by atoms with Crippen LogP contribution in [0.2, 0.25) is 0 Å². The fraction of sp³-hybridized carbons (Fsp3) is 0.818. The number of carboxylic acid groups (broad SMARTS) is 1. The van der Waals surface area contributed by atoms with Gasteiger partial charge in [-0.15, -0.1) is 0 Å². The second-order valence-corrected chi connectivity index (χ2v) is 9.63. The lowest BCUT2D eigenvalue weighted by Gasteiger charge is -2.37. The van der Waals surface area contributed by atoms with Gasteiger partial charge in [-0.25, -0.2) is 4.79 Å². The Morgan fingerprint density at radius 1 is 1.00 bits per heavy atom. The second kappa shape index (κ2) is 13.9. The zero-order valence-corrected chi connectivity index (χ0v) is 20.7. The maximum atomic E-state index is 12.6. The van der Waals surface area contributed by atoms with Gasteiger partial charge in [-0.3, -0.25) is 14.4 Å². The molecule has 0 rings (SSSR count). The maximum Gasteiger partial charge on any atom is 0.410 e. The fourth-order valence-electron chi connectivity index (χ4n) is 2.86. The first-order valence-electron chi connectivity index (χ1n) is 11.2. The van der Waals surface area contributed by atoms with E-state index in [4.69, 9.17) is 9.84 Å². The highest BCUT2D eigenvalue weighted by atomic mass is 16.6. The Kier molecular flexibility index (Phi) is 12.9. The second-order valence-electron chi connectivity index (χ2n) is 9.63. The van der Waals surface area contributed by atoms with E-state index in [1.54, 1.807) is 4.90 Å². The summed E-state index contributed by atoms with van der Waals surface area (Å²) in [7, 11) is 0. The van der Waals surface area contributed by atoms with Crippen molar-refractivity contribution in [1.29, 1.82) is 0 Å². The van der Waals surface area contributed by atoms with Crippen LogP contribution in [0.3, 0.4) is 0 Å². The van der Waals surface area contributed by atoms with Crippen LogP contribution in [-0.4, -0.2) is 77.2 Å². The highest BCUT2D eigenvalue weighted by Gasteiger charge is 2.30. The number of hydrogen-bond donors (Lipinski definition) is 4. The SMILES string of the molecule is CCNCCNC(=O)C(CCCCN(C(=O)OC(C)(C)C)C(C)(C)C)NC(=O)CC(=O)O. The quantitative estimate of drug-likeness (QED) is 0.244. The molecule has 0 spiro atoms. The average Bonchev–Trinajstić information content (AvgIpc) is 2.60. The molecule has 0 aliphatic heterocycles. The highest BCUT2D eigenvalue weighted by molar-refractivity contribution is 5.96. The fourth-order valence-corrected chi connectivity index (χ4v) is 2.86. The molecule has 10 nitrogen and oxygen atoms in total. The van der Waals surface area contributed by atoms with Crippen LogP contribution in [0.15, 0.2) is 0 Å². The van der Waals surface area contributed by atoms with Crippen molar-refractivity contribution in [3.05, 3.63) is 0 Å². The summed E-state index contributed by atoms with van der Waals surface area (Å²) >= 11 is 0. The van der Waals surface area contributed by atoms with Crippen LogP contribution in [0.25, 0.3) is 0 Å². The molecule has 0 heterocycles. The van der Waals surface area contributed by atoms with Gasteiger partial charge in [0.1, 0.15) is 18.1 Å². The number of nitrogens with one attached hydrogen (secondary N) is 3. The number of rotatable bonds is 13. The molecule has 186 valence electrons. The van der Waals surface area contributed by atoms with E-state index in [9.17, 15) is 19.2 Å². The summed E-state index contributed by atoms with van der Waals surface area (Å²) in [5.41, 5.74) is -1.05. The first kappa shape index (κ1) is 29.6. The molecule has 0 aromatic carbocycles. The Hall–Kier alpha value is -2.36. The third kappa shape index (κ3) is 13.8. The normalized spacial score (nSPS) is 12.6. The van der Waals surface area contributed by atoms with Gasteiger partial charge in [0.25, 0.3) is 0 Å². The predicted molar refractivity (Wildman–Crippen MR) is 122 cm³/mol. The predicted octanol–water partition coefficient (Wildman–Crippen LogP) is 1.88. The number of ether oxygens (including phenoxy) is 1. The Balaban J connectivity index is 4.93. The van der Waals surface area contributed by atoms with E-state index in [0.29, 0.717) is 38.9 Å². The molecule has 0 bridgehead atoms. The number of aliphatic carboxylic acids is 1. The van der Waals surface area contributed by atoms with Crippen LogP contribution in [-0.2, 0) is 19.1 Å². The minimum absolute atomic E-state index is 0.324. The van der Waals surface area contributed by atoms with Gasteiger partial charge >= 0.3 is 12.1 Å². The molecule has 0 saturated carbocycles. The van der Waals surface area contributed by atoms with Gasteiger partial charge in [-0.05, 0) is 67.3 Å². The van der Waals surface area contributed by atoms with E-state index >= 15 is 0 Å². The summed E-state index contributed by atoms with van der Waals surface area (Å²) < 4.78 is 5.50.